The zero-order valence-electron chi connectivity index (χ0n) is 5.77. The quantitative estimate of drug-likeness (QED) is 0.567. The summed E-state index contributed by atoms with van der Waals surface area (Å²) in [5.74, 6) is -0.0694. The molecule has 0 bridgehead atoms. The van der Waals surface area contributed by atoms with Crippen molar-refractivity contribution in [3.8, 4) is 0 Å². The van der Waals surface area contributed by atoms with E-state index < -0.39 is 0 Å². The van der Waals surface area contributed by atoms with Gasteiger partial charge >= 0.3 is 0 Å². The minimum absolute atomic E-state index is 0.0694. The summed E-state index contributed by atoms with van der Waals surface area (Å²) in [4.78, 5) is 10.7. The van der Waals surface area contributed by atoms with Crippen molar-refractivity contribution in [2.75, 3.05) is 7.05 Å². The first kappa shape index (κ1) is 7.95. The summed E-state index contributed by atoms with van der Waals surface area (Å²) < 4.78 is 0. The third-order valence-corrected chi connectivity index (χ3v) is 1.01. The van der Waals surface area contributed by atoms with Crippen LogP contribution in [-0.2, 0) is 4.79 Å². The molecule has 0 aromatic carbocycles. The largest absolute Gasteiger partial charge is 0.385 e. The van der Waals surface area contributed by atoms with Crippen molar-refractivity contribution in [3.63, 3.8) is 0 Å². The number of allylic oxidation sites excluding steroid dienone is 2. The minimum atomic E-state index is -0.0694. The summed E-state index contributed by atoms with van der Waals surface area (Å²) in [7, 11) is 1.71. The lowest BCUT2D eigenvalue weighted by Crippen LogP contribution is -2.13. The van der Waals surface area contributed by atoms with E-state index >= 15 is 0 Å². The summed E-state index contributed by atoms with van der Waals surface area (Å²) in [6, 6.07) is 0. The predicted octanol–water partition coefficient (Wildman–Crippen LogP) is 0.865. The van der Waals surface area contributed by atoms with Gasteiger partial charge in [-0.3, -0.25) is 4.79 Å². The molecule has 0 heterocycles. The van der Waals surface area contributed by atoms with E-state index in [1.807, 2.05) is 0 Å². The number of likely N-dealkylation sites (N-methyl/N-ethyl adjacent to an activating group) is 1. The maximum Gasteiger partial charge on any atom is 0.200 e. The molecule has 0 saturated heterocycles. The van der Waals surface area contributed by atoms with Gasteiger partial charge in [0.15, 0.2) is 0 Å². The fourth-order valence-corrected chi connectivity index (χ4v) is 0.520. The number of carbonyl (C=O) groups is 1. The van der Waals surface area contributed by atoms with Crippen LogP contribution >= 0.6 is 0 Å². The molecule has 0 aliphatic rings. The SMILES string of the molecule is C=CC(=O)/C(=C\C)NC. The third kappa shape index (κ3) is 2.13. The lowest BCUT2D eigenvalue weighted by molar-refractivity contribution is -0.111. The van der Waals surface area contributed by atoms with Gasteiger partial charge in [-0.25, -0.2) is 0 Å². The van der Waals surface area contributed by atoms with Crippen molar-refractivity contribution >= 4 is 5.78 Å². The van der Waals surface area contributed by atoms with Gasteiger partial charge in [0.25, 0.3) is 0 Å². The Bertz CT molecular complexity index is 147. The highest BCUT2D eigenvalue weighted by Gasteiger charge is 1.97. The van der Waals surface area contributed by atoms with E-state index in [0.29, 0.717) is 5.70 Å². The number of hydrogen-bond donors (Lipinski definition) is 1. The number of nitrogens with one attached hydrogen (secondary N) is 1. The second-order valence-corrected chi connectivity index (χ2v) is 1.52. The van der Waals surface area contributed by atoms with Crippen molar-refractivity contribution in [2.45, 2.75) is 6.92 Å². The first-order valence-corrected chi connectivity index (χ1v) is 2.77. The summed E-state index contributed by atoms with van der Waals surface area (Å²) >= 11 is 0. The molecular weight excluding hydrogens is 114 g/mol. The van der Waals surface area contributed by atoms with Crippen LogP contribution < -0.4 is 5.32 Å². The van der Waals surface area contributed by atoms with Gasteiger partial charge in [-0.05, 0) is 13.0 Å². The third-order valence-electron chi connectivity index (χ3n) is 1.01. The lowest BCUT2D eigenvalue weighted by atomic mass is 10.3. The van der Waals surface area contributed by atoms with Gasteiger partial charge in [0.05, 0.1) is 5.70 Å². The molecule has 0 aromatic heterocycles. The van der Waals surface area contributed by atoms with E-state index in [1.54, 1.807) is 20.0 Å². The Kier molecular flexibility index (Phi) is 3.44. The van der Waals surface area contributed by atoms with Gasteiger partial charge < -0.3 is 5.32 Å². The van der Waals surface area contributed by atoms with Crippen LogP contribution in [0.5, 0.6) is 0 Å². The second-order valence-electron chi connectivity index (χ2n) is 1.52. The molecule has 0 amide bonds. The first-order valence-electron chi connectivity index (χ1n) is 2.77. The van der Waals surface area contributed by atoms with E-state index in [-0.39, 0.29) is 5.78 Å². The van der Waals surface area contributed by atoms with Crippen LogP contribution in [0.15, 0.2) is 24.4 Å². The van der Waals surface area contributed by atoms with Crippen LogP contribution in [0.3, 0.4) is 0 Å². The Morgan fingerprint density at radius 1 is 1.67 bits per heavy atom. The Balaban J connectivity index is 4.13. The Morgan fingerprint density at radius 2 is 2.22 bits per heavy atom. The van der Waals surface area contributed by atoms with Gasteiger partial charge in [-0.15, -0.1) is 0 Å². The Hall–Kier alpha value is -1.05. The molecular formula is C7H11NO. The molecule has 0 atom stereocenters. The average molecular weight is 125 g/mol. The van der Waals surface area contributed by atoms with E-state index in [9.17, 15) is 4.79 Å². The molecule has 9 heavy (non-hydrogen) atoms. The summed E-state index contributed by atoms with van der Waals surface area (Å²) in [6.45, 7) is 5.15. The zero-order chi connectivity index (χ0) is 7.28. The van der Waals surface area contributed by atoms with E-state index in [2.05, 4.69) is 11.9 Å². The molecule has 0 saturated carbocycles. The van der Waals surface area contributed by atoms with Crippen molar-refractivity contribution in [3.05, 3.63) is 24.4 Å². The lowest BCUT2D eigenvalue weighted by Gasteiger charge is -1.98. The highest BCUT2D eigenvalue weighted by molar-refractivity contribution is 6.02. The molecule has 0 fully saturated rings. The highest BCUT2D eigenvalue weighted by Crippen LogP contribution is 1.89. The number of rotatable bonds is 3. The molecule has 0 radical (unpaired) electrons. The van der Waals surface area contributed by atoms with Crippen LogP contribution in [0.25, 0.3) is 0 Å². The second kappa shape index (κ2) is 3.89. The number of hydrogen-bond acceptors (Lipinski definition) is 2. The monoisotopic (exact) mass is 125 g/mol. The molecule has 0 aliphatic carbocycles. The van der Waals surface area contributed by atoms with Crippen molar-refractivity contribution < 1.29 is 4.79 Å². The van der Waals surface area contributed by atoms with Crippen LogP contribution in [0.4, 0.5) is 0 Å². The van der Waals surface area contributed by atoms with Gasteiger partial charge in [0.2, 0.25) is 5.78 Å². The molecule has 0 spiro atoms. The maximum atomic E-state index is 10.7. The van der Waals surface area contributed by atoms with Crippen molar-refractivity contribution in [2.24, 2.45) is 0 Å². The molecule has 0 rings (SSSR count). The van der Waals surface area contributed by atoms with Crippen LogP contribution in [-0.4, -0.2) is 12.8 Å². The van der Waals surface area contributed by atoms with Gasteiger partial charge in [0.1, 0.15) is 0 Å². The summed E-state index contributed by atoms with van der Waals surface area (Å²) in [5, 5.41) is 2.74. The molecule has 1 N–H and O–H groups in total. The molecule has 2 heteroatoms. The van der Waals surface area contributed by atoms with E-state index in [1.165, 1.54) is 6.08 Å². The molecule has 0 unspecified atom stereocenters. The molecule has 0 aliphatic heterocycles. The predicted molar refractivity (Wildman–Crippen MR) is 38.0 cm³/mol. The van der Waals surface area contributed by atoms with Crippen LogP contribution in [0, 0.1) is 0 Å². The summed E-state index contributed by atoms with van der Waals surface area (Å²) in [6.07, 6.45) is 3.00. The first-order chi connectivity index (χ1) is 4.26. The fraction of sp³-hybridized carbons (Fsp3) is 0.286. The molecule has 50 valence electrons. The number of carbonyl (C=O) groups excluding carboxylic acids is 1. The molecule has 0 aromatic rings. The minimum Gasteiger partial charge on any atom is -0.385 e. The topological polar surface area (TPSA) is 29.1 Å². The van der Waals surface area contributed by atoms with Crippen LogP contribution in [0.2, 0.25) is 0 Å². The van der Waals surface area contributed by atoms with Gasteiger partial charge in [0, 0.05) is 7.05 Å². The average Bonchev–Trinajstić information content (AvgIpc) is 1.90. The van der Waals surface area contributed by atoms with E-state index in [0.717, 1.165) is 0 Å². The highest BCUT2D eigenvalue weighted by atomic mass is 16.1. The fourth-order valence-electron chi connectivity index (χ4n) is 0.520. The Labute approximate surface area is 55.3 Å². The summed E-state index contributed by atoms with van der Waals surface area (Å²) in [5.41, 5.74) is 0.588. The zero-order valence-corrected chi connectivity index (χ0v) is 5.77. The normalized spacial score (nSPS) is 10.7. The van der Waals surface area contributed by atoms with Crippen molar-refractivity contribution in [1.29, 1.82) is 0 Å². The van der Waals surface area contributed by atoms with E-state index in [4.69, 9.17) is 0 Å². The van der Waals surface area contributed by atoms with Gasteiger partial charge in [-0.1, -0.05) is 12.7 Å². The smallest absolute Gasteiger partial charge is 0.200 e. The van der Waals surface area contributed by atoms with Crippen molar-refractivity contribution in [1.82, 2.24) is 5.32 Å². The van der Waals surface area contributed by atoms with Crippen LogP contribution in [0.1, 0.15) is 6.92 Å². The Morgan fingerprint density at radius 3 is 2.33 bits per heavy atom. The number of ketones is 1. The standard InChI is InChI=1S/C7H11NO/c1-4-6(8-3)7(9)5-2/h4-5,8H,2H2,1,3H3/b6-4+. The maximum absolute atomic E-state index is 10.7. The molecule has 2 nitrogen and oxygen atoms in total. The van der Waals surface area contributed by atoms with Gasteiger partial charge in [-0.2, -0.15) is 0 Å².